The van der Waals surface area contributed by atoms with E-state index in [2.05, 4.69) is 0 Å². The smallest absolute Gasteiger partial charge is 0.309 e. The van der Waals surface area contributed by atoms with Crippen molar-refractivity contribution in [3.8, 4) is 0 Å². The summed E-state index contributed by atoms with van der Waals surface area (Å²) >= 11 is 0. The molecule has 6 nitrogen and oxygen atoms in total. The third-order valence-corrected chi connectivity index (χ3v) is 4.20. The molecule has 2 aliphatic rings. The number of hydrogen-bond donors (Lipinski definition) is 2. The van der Waals surface area contributed by atoms with E-state index in [1.54, 1.807) is 0 Å². The van der Waals surface area contributed by atoms with Crippen molar-refractivity contribution in [1.82, 2.24) is 0 Å². The summed E-state index contributed by atoms with van der Waals surface area (Å²) < 4.78 is 10.7. The number of epoxide rings is 2. The molecule has 2 saturated heterocycles. The summed E-state index contributed by atoms with van der Waals surface area (Å²) in [7, 11) is 0. The molecule has 0 radical (unpaired) electrons. The Labute approximate surface area is 118 Å². The van der Waals surface area contributed by atoms with E-state index in [1.165, 1.54) is 0 Å². The zero-order chi connectivity index (χ0) is 15.0. The molecule has 2 unspecified atom stereocenters. The number of hydrogen-bond acceptors (Lipinski definition) is 4. The molecule has 2 rings (SSSR count). The Balaban J connectivity index is 2.09. The van der Waals surface area contributed by atoms with E-state index in [0.29, 0.717) is 38.9 Å². The Morgan fingerprint density at radius 3 is 1.85 bits per heavy atom. The lowest BCUT2D eigenvalue weighted by atomic mass is 9.70. The molecule has 0 aromatic heterocycles. The van der Waals surface area contributed by atoms with Gasteiger partial charge in [-0.25, -0.2) is 0 Å². The molecule has 2 N–H and O–H groups in total. The van der Waals surface area contributed by atoms with Crippen molar-refractivity contribution >= 4 is 11.9 Å². The van der Waals surface area contributed by atoms with E-state index in [0.717, 1.165) is 0 Å². The van der Waals surface area contributed by atoms with E-state index in [1.807, 2.05) is 13.8 Å². The minimum absolute atomic E-state index is 0.00975. The number of carboxylic acids is 2. The molecular formula is C14H22O6. The molecule has 2 aliphatic heterocycles. The van der Waals surface area contributed by atoms with Gasteiger partial charge in [0.05, 0.1) is 29.8 Å². The Kier molecular flexibility index (Phi) is 3.81. The molecular weight excluding hydrogens is 264 g/mol. The molecule has 0 bridgehead atoms. The van der Waals surface area contributed by atoms with Crippen molar-refractivity contribution in [2.24, 2.45) is 5.41 Å². The summed E-state index contributed by atoms with van der Waals surface area (Å²) in [5.74, 6) is -1.77. The van der Waals surface area contributed by atoms with E-state index in [4.69, 9.17) is 14.6 Å². The van der Waals surface area contributed by atoms with Crippen LogP contribution in [0.25, 0.3) is 0 Å². The molecule has 2 fully saturated rings. The first-order valence-electron chi connectivity index (χ1n) is 6.92. The Hall–Kier alpha value is -1.14. The lowest BCUT2D eigenvalue weighted by Crippen LogP contribution is -2.39. The minimum atomic E-state index is -0.966. The third-order valence-electron chi connectivity index (χ3n) is 4.20. The summed E-state index contributed by atoms with van der Waals surface area (Å²) in [5.41, 5.74) is -1.73. The maximum absolute atomic E-state index is 11.8. The first kappa shape index (κ1) is 15.3. The van der Waals surface area contributed by atoms with Crippen molar-refractivity contribution in [3.63, 3.8) is 0 Å². The van der Waals surface area contributed by atoms with Gasteiger partial charge in [0.25, 0.3) is 0 Å². The first-order valence-corrected chi connectivity index (χ1v) is 6.92. The number of carbonyl (C=O) groups is 2. The van der Waals surface area contributed by atoms with Gasteiger partial charge >= 0.3 is 11.9 Å². The maximum atomic E-state index is 11.8. The second-order valence-electron chi connectivity index (χ2n) is 6.66. The predicted molar refractivity (Wildman–Crippen MR) is 69.5 cm³/mol. The molecule has 0 aliphatic carbocycles. The SMILES string of the molecule is CC1(CC(CCCC(=O)O)(CC2(C)CO2)C(=O)O)CO1. The highest BCUT2D eigenvalue weighted by Gasteiger charge is 2.56. The lowest BCUT2D eigenvalue weighted by Gasteiger charge is -2.32. The summed E-state index contributed by atoms with van der Waals surface area (Å²) in [5, 5.41) is 18.5. The van der Waals surface area contributed by atoms with Gasteiger partial charge in [-0.2, -0.15) is 0 Å². The Bertz CT molecular complexity index is 388. The first-order chi connectivity index (χ1) is 9.19. The fourth-order valence-electron chi connectivity index (χ4n) is 2.96. The van der Waals surface area contributed by atoms with Gasteiger partial charge in [-0.1, -0.05) is 0 Å². The highest BCUT2D eigenvalue weighted by Crippen LogP contribution is 2.49. The Morgan fingerprint density at radius 2 is 1.55 bits per heavy atom. The molecule has 0 amide bonds. The van der Waals surface area contributed by atoms with Gasteiger partial charge in [0.1, 0.15) is 0 Å². The standard InChI is InChI=1S/C14H22O6/c1-12(8-19-12)6-14(11(17)18,5-3-4-10(15)16)7-13(2)9-20-13/h3-9H2,1-2H3,(H,15,16)(H,17,18). The number of ether oxygens (including phenoxy) is 2. The predicted octanol–water partition coefficient (Wildman–Crippen LogP) is 1.67. The lowest BCUT2D eigenvalue weighted by molar-refractivity contribution is -0.153. The molecule has 0 aromatic carbocycles. The van der Waals surface area contributed by atoms with Crippen LogP contribution in [0, 0.1) is 5.41 Å². The number of rotatable bonds is 9. The van der Waals surface area contributed by atoms with E-state index < -0.39 is 17.4 Å². The normalized spacial score (nSPS) is 34.3. The maximum Gasteiger partial charge on any atom is 0.309 e. The topological polar surface area (TPSA) is 99.7 Å². The summed E-state index contributed by atoms with van der Waals surface area (Å²) in [6, 6.07) is 0. The average Bonchev–Trinajstić information content (AvgIpc) is 3.20. The fourth-order valence-corrected chi connectivity index (χ4v) is 2.96. The summed E-state index contributed by atoms with van der Waals surface area (Å²) in [6.07, 6.45) is 1.51. The molecule has 114 valence electrons. The molecule has 0 aromatic rings. The van der Waals surface area contributed by atoms with E-state index >= 15 is 0 Å². The number of aliphatic carboxylic acids is 2. The third kappa shape index (κ3) is 3.70. The van der Waals surface area contributed by atoms with Crippen LogP contribution in [0.15, 0.2) is 0 Å². The van der Waals surface area contributed by atoms with Crippen LogP contribution in [0.2, 0.25) is 0 Å². The highest BCUT2D eigenvalue weighted by atomic mass is 16.6. The van der Waals surface area contributed by atoms with Crippen molar-refractivity contribution in [1.29, 1.82) is 0 Å². The molecule has 2 atom stereocenters. The van der Waals surface area contributed by atoms with Crippen LogP contribution in [-0.4, -0.2) is 46.6 Å². The van der Waals surface area contributed by atoms with Gasteiger partial charge < -0.3 is 19.7 Å². The van der Waals surface area contributed by atoms with E-state index in [9.17, 15) is 14.7 Å². The van der Waals surface area contributed by atoms with Crippen molar-refractivity contribution in [2.45, 2.75) is 57.2 Å². The minimum Gasteiger partial charge on any atom is -0.481 e. The van der Waals surface area contributed by atoms with E-state index in [-0.39, 0.29) is 17.6 Å². The zero-order valence-corrected chi connectivity index (χ0v) is 12.0. The molecule has 2 heterocycles. The van der Waals surface area contributed by atoms with Gasteiger partial charge in [-0.3, -0.25) is 9.59 Å². The number of carboxylic acid groups (broad SMARTS) is 2. The monoisotopic (exact) mass is 286 g/mol. The summed E-state index contributed by atoms with van der Waals surface area (Å²) in [6.45, 7) is 4.94. The van der Waals surface area contributed by atoms with Crippen LogP contribution >= 0.6 is 0 Å². The zero-order valence-electron chi connectivity index (χ0n) is 12.0. The van der Waals surface area contributed by atoms with Gasteiger partial charge in [-0.15, -0.1) is 0 Å². The van der Waals surface area contributed by atoms with Crippen LogP contribution in [0.5, 0.6) is 0 Å². The quantitative estimate of drug-likeness (QED) is 0.625. The second-order valence-corrected chi connectivity index (χ2v) is 6.66. The van der Waals surface area contributed by atoms with Crippen molar-refractivity contribution in [2.75, 3.05) is 13.2 Å². The van der Waals surface area contributed by atoms with Crippen LogP contribution in [-0.2, 0) is 19.1 Å². The summed E-state index contributed by atoms with van der Waals surface area (Å²) in [4.78, 5) is 22.5. The van der Waals surface area contributed by atoms with Gasteiger partial charge in [-0.05, 0) is 39.5 Å². The van der Waals surface area contributed by atoms with Crippen molar-refractivity contribution in [3.05, 3.63) is 0 Å². The largest absolute Gasteiger partial charge is 0.481 e. The van der Waals surface area contributed by atoms with Gasteiger partial charge in [0.2, 0.25) is 0 Å². The van der Waals surface area contributed by atoms with Gasteiger partial charge in [0.15, 0.2) is 0 Å². The van der Waals surface area contributed by atoms with Crippen LogP contribution in [0.4, 0.5) is 0 Å². The molecule has 0 saturated carbocycles. The van der Waals surface area contributed by atoms with Crippen LogP contribution < -0.4 is 0 Å². The fraction of sp³-hybridized carbons (Fsp3) is 0.857. The van der Waals surface area contributed by atoms with Crippen LogP contribution in [0.3, 0.4) is 0 Å². The average molecular weight is 286 g/mol. The molecule has 6 heteroatoms. The molecule has 20 heavy (non-hydrogen) atoms. The van der Waals surface area contributed by atoms with Crippen LogP contribution in [0.1, 0.15) is 46.0 Å². The second kappa shape index (κ2) is 5.00. The highest BCUT2D eigenvalue weighted by molar-refractivity contribution is 5.75. The van der Waals surface area contributed by atoms with Gasteiger partial charge in [0, 0.05) is 6.42 Å². The van der Waals surface area contributed by atoms with Crippen molar-refractivity contribution < 1.29 is 29.3 Å². The molecule has 0 spiro atoms. The Morgan fingerprint density at radius 1 is 1.10 bits per heavy atom.